The van der Waals surface area contributed by atoms with Crippen molar-refractivity contribution in [3.63, 3.8) is 0 Å². The fourth-order valence-corrected chi connectivity index (χ4v) is 2.26. The molecule has 1 unspecified atom stereocenters. The number of likely N-dealkylation sites (tertiary alicyclic amines) is 1. The molecule has 92 valence electrons. The largest absolute Gasteiger partial charge is 0.316 e. The highest BCUT2D eigenvalue weighted by molar-refractivity contribution is 4.79. The molecule has 3 nitrogen and oxygen atoms in total. The van der Waals surface area contributed by atoms with E-state index in [1.54, 1.807) is 0 Å². The van der Waals surface area contributed by atoms with Gasteiger partial charge in [0, 0.05) is 19.0 Å². The monoisotopic (exact) mass is 223 g/mol. The van der Waals surface area contributed by atoms with E-state index in [4.69, 9.17) is 5.26 Å². The van der Waals surface area contributed by atoms with Crippen LogP contribution in [0.3, 0.4) is 0 Å². The Morgan fingerprint density at radius 3 is 2.88 bits per heavy atom. The molecule has 3 heteroatoms. The molecule has 0 spiro atoms. The molecule has 0 saturated carbocycles. The van der Waals surface area contributed by atoms with Crippen LogP contribution in [-0.2, 0) is 0 Å². The Hall–Kier alpha value is -0.590. The Morgan fingerprint density at radius 2 is 2.25 bits per heavy atom. The molecule has 1 heterocycles. The van der Waals surface area contributed by atoms with E-state index in [1.165, 1.54) is 19.5 Å². The lowest BCUT2D eigenvalue weighted by Crippen LogP contribution is -2.30. The zero-order valence-electron chi connectivity index (χ0n) is 10.7. The molecule has 0 amide bonds. The summed E-state index contributed by atoms with van der Waals surface area (Å²) in [6, 6.07) is 2.88. The lowest BCUT2D eigenvalue weighted by Gasteiger charge is -2.20. The van der Waals surface area contributed by atoms with E-state index in [0.29, 0.717) is 12.5 Å². The minimum atomic E-state index is 0.695. The highest BCUT2D eigenvalue weighted by Gasteiger charge is 2.23. The van der Waals surface area contributed by atoms with Crippen LogP contribution in [-0.4, -0.2) is 37.1 Å². The van der Waals surface area contributed by atoms with Gasteiger partial charge in [0.2, 0.25) is 0 Å². The summed E-state index contributed by atoms with van der Waals surface area (Å²) in [5, 5.41) is 11.9. The van der Waals surface area contributed by atoms with Crippen LogP contribution < -0.4 is 5.32 Å². The lowest BCUT2D eigenvalue weighted by molar-refractivity contribution is 0.264. The van der Waals surface area contributed by atoms with E-state index in [1.807, 2.05) is 0 Å². The Labute approximate surface area is 99.8 Å². The van der Waals surface area contributed by atoms with Crippen molar-refractivity contribution in [3.05, 3.63) is 0 Å². The Morgan fingerprint density at radius 1 is 1.44 bits per heavy atom. The molecule has 0 aromatic rings. The average molecular weight is 223 g/mol. The van der Waals surface area contributed by atoms with Crippen LogP contribution in [0.2, 0.25) is 0 Å². The van der Waals surface area contributed by atoms with Gasteiger partial charge in [-0.15, -0.1) is 0 Å². The van der Waals surface area contributed by atoms with Gasteiger partial charge >= 0.3 is 0 Å². The number of hydrogen-bond acceptors (Lipinski definition) is 3. The van der Waals surface area contributed by atoms with Gasteiger partial charge < -0.3 is 10.2 Å². The molecular formula is C13H25N3. The first-order valence-electron chi connectivity index (χ1n) is 6.55. The molecule has 16 heavy (non-hydrogen) atoms. The van der Waals surface area contributed by atoms with E-state index < -0.39 is 0 Å². The minimum Gasteiger partial charge on any atom is -0.316 e. The summed E-state index contributed by atoms with van der Waals surface area (Å²) in [5.74, 6) is 0.832. The smallest absolute Gasteiger partial charge is 0.0621 e. The molecular weight excluding hydrogens is 198 g/mol. The molecule has 1 aliphatic rings. The van der Waals surface area contributed by atoms with Gasteiger partial charge in [-0.05, 0) is 58.7 Å². The second-order valence-electron chi connectivity index (χ2n) is 5.06. The highest BCUT2D eigenvalue weighted by Crippen LogP contribution is 2.17. The third-order valence-corrected chi connectivity index (χ3v) is 3.37. The number of nitrogens with one attached hydrogen (secondary N) is 1. The van der Waals surface area contributed by atoms with Crippen LogP contribution in [0.5, 0.6) is 0 Å². The van der Waals surface area contributed by atoms with Crippen molar-refractivity contribution in [3.8, 4) is 6.07 Å². The summed E-state index contributed by atoms with van der Waals surface area (Å²) in [6.07, 6.45) is 4.20. The van der Waals surface area contributed by atoms with Gasteiger partial charge in [-0.2, -0.15) is 5.26 Å². The van der Waals surface area contributed by atoms with E-state index in [0.717, 1.165) is 31.8 Å². The van der Waals surface area contributed by atoms with Crippen molar-refractivity contribution in [1.29, 1.82) is 5.26 Å². The second-order valence-corrected chi connectivity index (χ2v) is 5.06. The van der Waals surface area contributed by atoms with Crippen molar-refractivity contribution >= 4 is 0 Å². The first kappa shape index (κ1) is 13.5. The van der Waals surface area contributed by atoms with Crippen molar-refractivity contribution in [2.24, 2.45) is 5.92 Å². The van der Waals surface area contributed by atoms with Gasteiger partial charge in [-0.1, -0.05) is 0 Å². The molecule has 1 atom stereocenters. The summed E-state index contributed by atoms with van der Waals surface area (Å²) in [6.45, 7) is 9.28. The van der Waals surface area contributed by atoms with Crippen LogP contribution in [0.15, 0.2) is 0 Å². The molecule has 0 bridgehead atoms. The van der Waals surface area contributed by atoms with Crippen molar-refractivity contribution in [1.82, 2.24) is 10.2 Å². The summed E-state index contributed by atoms with van der Waals surface area (Å²) in [7, 11) is 0. The quantitative estimate of drug-likeness (QED) is 0.671. The minimum absolute atomic E-state index is 0.695. The molecule has 0 radical (unpaired) electrons. The third kappa shape index (κ3) is 4.96. The number of nitriles is 1. The van der Waals surface area contributed by atoms with Gasteiger partial charge in [-0.3, -0.25) is 0 Å². The van der Waals surface area contributed by atoms with Crippen LogP contribution in [0, 0.1) is 17.2 Å². The van der Waals surface area contributed by atoms with E-state index in [-0.39, 0.29) is 0 Å². The SMILES string of the molecule is CC(C)N1CCC(CNCCCCC#N)C1. The summed E-state index contributed by atoms with van der Waals surface area (Å²) in [5.41, 5.74) is 0. The van der Waals surface area contributed by atoms with Gasteiger partial charge in [0.05, 0.1) is 6.07 Å². The van der Waals surface area contributed by atoms with Crippen LogP contribution in [0.25, 0.3) is 0 Å². The first-order chi connectivity index (χ1) is 7.74. The maximum atomic E-state index is 8.40. The molecule has 1 fully saturated rings. The predicted octanol–water partition coefficient (Wildman–Crippen LogP) is 2.00. The molecule has 1 aliphatic heterocycles. The zero-order chi connectivity index (χ0) is 11.8. The van der Waals surface area contributed by atoms with Crippen LogP contribution in [0.4, 0.5) is 0 Å². The van der Waals surface area contributed by atoms with E-state index in [9.17, 15) is 0 Å². The van der Waals surface area contributed by atoms with Gasteiger partial charge in [0.15, 0.2) is 0 Å². The molecule has 1 rings (SSSR count). The van der Waals surface area contributed by atoms with E-state index in [2.05, 4.69) is 30.1 Å². The summed E-state index contributed by atoms with van der Waals surface area (Å²) < 4.78 is 0. The van der Waals surface area contributed by atoms with E-state index >= 15 is 0 Å². The average Bonchev–Trinajstić information content (AvgIpc) is 2.72. The molecule has 1 N–H and O–H groups in total. The summed E-state index contributed by atoms with van der Waals surface area (Å²) >= 11 is 0. The number of hydrogen-bond donors (Lipinski definition) is 1. The standard InChI is InChI=1S/C13H25N3/c1-12(2)16-9-6-13(11-16)10-15-8-5-3-4-7-14/h12-13,15H,3-6,8-11H2,1-2H3. The summed E-state index contributed by atoms with van der Waals surface area (Å²) in [4.78, 5) is 2.56. The van der Waals surface area contributed by atoms with Gasteiger partial charge in [0.25, 0.3) is 0 Å². The topological polar surface area (TPSA) is 39.1 Å². The first-order valence-corrected chi connectivity index (χ1v) is 6.55. The fraction of sp³-hybridized carbons (Fsp3) is 0.923. The van der Waals surface area contributed by atoms with Crippen LogP contribution >= 0.6 is 0 Å². The Bertz CT molecular complexity index is 220. The highest BCUT2D eigenvalue weighted by atomic mass is 15.2. The second kappa shape index (κ2) is 7.65. The maximum Gasteiger partial charge on any atom is 0.0621 e. The fourth-order valence-electron chi connectivity index (χ4n) is 2.26. The van der Waals surface area contributed by atoms with Gasteiger partial charge in [0.1, 0.15) is 0 Å². The molecule has 0 aromatic heterocycles. The van der Waals surface area contributed by atoms with Crippen molar-refractivity contribution in [2.45, 2.75) is 45.6 Å². The number of nitrogens with zero attached hydrogens (tertiary/aromatic N) is 2. The normalized spacial score (nSPS) is 21.5. The Kier molecular flexibility index (Phi) is 6.44. The maximum absolute atomic E-state index is 8.40. The number of unbranched alkanes of at least 4 members (excludes halogenated alkanes) is 2. The van der Waals surface area contributed by atoms with Crippen molar-refractivity contribution < 1.29 is 0 Å². The van der Waals surface area contributed by atoms with Crippen molar-refractivity contribution in [2.75, 3.05) is 26.2 Å². The Balaban J connectivity index is 1.97. The van der Waals surface area contributed by atoms with Crippen LogP contribution in [0.1, 0.15) is 39.5 Å². The third-order valence-electron chi connectivity index (χ3n) is 3.37. The zero-order valence-corrected chi connectivity index (χ0v) is 10.7. The number of rotatable bonds is 7. The molecule has 0 aromatic carbocycles. The molecule has 0 aliphatic carbocycles. The molecule has 1 saturated heterocycles. The van der Waals surface area contributed by atoms with Gasteiger partial charge in [-0.25, -0.2) is 0 Å². The predicted molar refractivity (Wildman–Crippen MR) is 67.1 cm³/mol. The lowest BCUT2D eigenvalue weighted by atomic mass is 10.1.